The van der Waals surface area contributed by atoms with Gasteiger partial charge in [-0.1, -0.05) is 53.4 Å². The predicted molar refractivity (Wildman–Crippen MR) is 104 cm³/mol. The van der Waals surface area contributed by atoms with Crippen molar-refractivity contribution in [2.45, 2.75) is 79.1 Å². The standard InChI is InChI=1S/C20H44N3/c1-5-9-15-22(16-10-6-2)19-13-21-14-20-23(17-11-7-3)18-12-8-4/h5-20H2,1-4H3. The first-order valence-corrected chi connectivity index (χ1v) is 10.4. The summed E-state index contributed by atoms with van der Waals surface area (Å²) in [6.45, 7) is 18.5. The van der Waals surface area contributed by atoms with Crippen LogP contribution in [0.1, 0.15) is 79.1 Å². The quantitative estimate of drug-likeness (QED) is 0.348. The Hall–Kier alpha value is -0.120. The number of hydrogen-bond donors (Lipinski definition) is 0. The van der Waals surface area contributed by atoms with E-state index in [1.165, 1.54) is 77.5 Å². The summed E-state index contributed by atoms with van der Waals surface area (Å²) in [7, 11) is 0. The molecule has 0 saturated carbocycles. The van der Waals surface area contributed by atoms with Crippen molar-refractivity contribution >= 4 is 0 Å². The molecule has 0 aliphatic heterocycles. The first-order valence-electron chi connectivity index (χ1n) is 10.4. The average molecular weight is 327 g/mol. The summed E-state index contributed by atoms with van der Waals surface area (Å²) in [5.41, 5.74) is 0. The second-order valence-electron chi connectivity index (χ2n) is 6.77. The second kappa shape index (κ2) is 18.2. The minimum Gasteiger partial charge on any atom is -0.302 e. The van der Waals surface area contributed by atoms with Crippen molar-refractivity contribution in [3.8, 4) is 0 Å². The molecule has 0 N–H and O–H groups in total. The smallest absolute Gasteiger partial charge is 0.0261 e. The van der Waals surface area contributed by atoms with Gasteiger partial charge in [-0.05, 0) is 51.9 Å². The maximum Gasteiger partial charge on any atom is 0.0261 e. The summed E-state index contributed by atoms with van der Waals surface area (Å²) >= 11 is 0. The van der Waals surface area contributed by atoms with Crippen LogP contribution in [-0.4, -0.2) is 62.2 Å². The van der Waals surface area contributed by atoms with E-state index in [9.17, 15) is 0 Å². The van der Waals surface area contributed by atoms with Crippen LogP contribution in [0.15, 0.2) is 0 Å². The van der Waals surface area contributed by atoms with E-state index in [0.717, 1.165) is 26.2 Å². The highest BCUT2D eigenvalue weighted by Gasteiger charge is 2.06. The zero-order chi connectivity index (χ0) is 17.2. The monoisotopic (exact) mass is 326 g/mol. The molecule has 0 amide bonds. The van der Waals surface area contributed by atoms with Crippen LogP contribution in [0.2, 0.25) is 0 Å². The number of nitrogens with zero attached hydrogens (tertiary/aromatic N) is 3. The molecule has 0 aromatic heterocycles. The average Bonchev–Trinajstić information content (AvgIpc) is 2.57. The van der Waals surface area contributed by atoms with Crippen LogP contribution in [-0.2, 0) is 0 Å². The topological polar surface area (TPSA) is 20.6 Å². The van der Waals surface area contributed by atoms with Gasteiger partial charge in [-0.3, -0.25) is 0 Å². The lowest BCUT2D eigenvalue weighted by Gasteiger charge is -2.23. The van der Waals surface area contributed by atoms with Gasteiger partial charge in [0.2, 0.25) is 0 Å². The van der Waals surface area contributed by atoms with Gasteiger partial charge in [0.25, 0.3) is 0 Å². The zero-order valence-electron chi connectivity index (χ0n) is 16.7. The highest BCUT2D eigenvalue weighted by molar-refractivity contribution is 4.63. The maximum absolute atomic E-state index is 4.80. The van der Waals surface area contributed by atoms with Gasteiger partial charge >= 0.3 is 0 Å². The summed E-state index contributed by atoms with van der Waals surface area (Å²) in [6, 6.07) is 0. The first-order chi connectivity index (χ1) is 11.3. The molecule has 3 nitrogen and oxygen atoms in total. The van der Waals surface area contributed by atoms with E-state index in [2.05, 4.69) is 37.5 Å². The van der Waals surface area contributed by atoms with Crippen molar-refractivity contribution in [3.63, 3.8) is 0 Å². The lowest BCUT2D eigenvalue weighted by molar-refractivity contribution is 0.248. The SMILES string of the molecule is CCCCN(CCCC)CC[N]CCN(CCCC)CCCC. The molecule has 0 rings (SSSR count). The molecule has 1 radical (unpaired) electrons. The van der Waals surface area contributed by atoms with Gasteiger partial charge < -0.3 is 9.80 Å². The molecular formula is C20H44N3. The van der Waals surface area contributed by atoms with Crippen LogP contribution in [0.3, 0.4) is 0 Å². The van der Waals surface area contributed by atoms with Crippen LogP contribution in [0, 0.1) is 0 Å². The van der Waals surface area contributed by atoms with Gasteiger partial charge in [-0.25, -0.2) is 5.32 Å². The molecule has 0 spiro atoms. The highest BCUT2D eigenvalue weighted by atomic mass is 15.2. The summed E-state index contributed by atoms with van der Waals surface area (Å²) in [6.07, 6.45) is 10.5. The Labute approximate surface area is 147 Å². The molecule has 0 heterocycles. The summed E-state index contributed by atoms with van der Waals surface area (Å²) < 4.78 is 0. The largest absolute Gasteiger partial charge is 0.302 e. The van der Waals surface area contributed by atoms with E-state index in [0.29, 0.717) is 0 Å². The molecule has 0 aromatic carbocycles. The molecule has 0 aromatic rings. The molecule has 139 valence electrons. The fourth-order valence-electron chi connectivity index (χ4n) is 2.73. The Bertz CT molecular complexity index is 183. The molecule has 0 saturated heterocycles. The summed E-state index contributed by atoms with van der Waals surface area (Å²) in [4.78, 5) is 5.23. The van der Waals surface area contributed by atoms with Gasteiger partial charge in [0.05, 0.1) is 0 Å². The van der Waals surface area contributed by atoms with E-state index in [-0.39, 0.29) is 0 Å². The minimum absolute atomic E-state index is 1.02. The van der Waals surface area contributed by atoms with Crippen LogP contribution in [0.5, 0.6) is 0 Å². The number of hydrogen-bond acceptors (Lipinski definition) is 2. The number of rotatable bonds is 18. The van der Waals surface area contributed by atoms with E-state index in [4.69, 9.17) is 5.32 Å². The maximum atomic E-state index is 4.80. The minimum atomic E-state index is 1.02. The molecular weight excluding hydrogens is 282 g/mol. The summed E-state index contributed by atoms with van der Waals surface area (Å²) in [5, 5.41) is 4.80. The first kappa shape index (κ1) is 22.9. The van der Waals surface area contributed by atoms with Crippen LogP contribution >= 0.6 is 0 Å². The Balaban J connectivity index is 3.81. The third-order valence-electron chi connectivity index (χ3n) is 4.46. The van der Waals surface area contributed by atoms with E-state index < -0.39 is 0 Å². The normalized spacial score (nSPS) is 11.7. The second-order valence-corrected chi connectivity index (χ2v) is 6.77. The van der Waals surface area contributed by atoms with Crippen molar-refractivity contribution in [2.24, 2.45) is 0 Å². The third kappa shape index (κ3) is 15.2. The van der Waals surface area contributed by atoms with E-state index >= 15 is 0 Å². The summed E-state index contributed by atoms with van der Waals surface area (Å²) in [5.74, 6) is 0. The molecule has 23 heavy (non-hydrogen) atoms. The van der Waals surface area contributed by atoms with E-state index in [1.54, 1.807) is 0 Å². The Morgan fingerprint density at radius 3 is 1.04 bits per heavy atom. The lowest BCUT2D eigenvalue weighted by Crippen LogP contribution is -2.35. The van der Waals surface area contributed by atoms with E-state index in [1.807, 2.05) is 0 Å². The molecule has 0 unspecified atom stereocenters. The van der Waals surface area contributed by atoms with Gasteiger partial charge in [0.15, 0.2) is 0 Å². The fourth-order valence-corrected chi connectivity index (χ4v) is 2.73. The van der Waals surface area contributed by atoms with Gasteiger partial charge in [0, 0.05) is 26.2 Å². The van der Waals surface area contributed by atoms with Crippen molar-refractivity contribution < 1.29 is 0 Å². The van der Waals surface area contributed by atoms with Crippen molar-refractivity contribution in [3.05, 3.63) is 0 Å². The highest BCUT2D eigenvalue weighted by Crippen LogP contribution is 2.00. The molecule has 0 fully saturated rings. The zero-order valence-corrected chi connectivity index (χ0v) is 16.7. The Morgan fingerprint density at radius 2 is 0.783 bits per heavy atom. The lowest BCUT2D eigenvalue weighted by atomic mass is 10.2. The van der Waals surface area contributed by atoms with Crippen LogP contribution in [0.4, 0.5) is 0 Å². The van der Waals surface area contributed by atoms with Crippen LogP contribution < -0.4 is 5.32 Å². The Morgan fingerprint density at radius 1 is 0.478 bits per heavy atom. The van der Waals surface area contributed by atoms with Crippen molar-refractivity contribution in [1.82, 2.24) is 15.1 Å². The van der Waals surface area contributed by atoms with Gasteiger partial charge in [-0.15, -0.1) is 0 Å². The number of unbranched alkanes of at least 4 members (excludes halogenated alkanes) is 4. The van der Waals surface area contributed by atoms with Gasteiger partial charge in [0.1, 0.15) is 0 Å². The van der Waals surface area contributed by atoms with Crippen LogP contribution in [0.25, 0.3) is 0 Å². The van der Waals surface area contributed by atoms with Gasteiger partial charge in [-0.2, -0.15) is 0 Å². The molecule has 3 heteroatoms. The molecule has 0 aliphatic carbocycles. The molecule has 0 atom stereocenters. The third-order valence-corrected chi connectivity index (χ3v) is 4.46. The fraction of sp³-hybridized carbons (Fsp3) is 1.00. The predicted octanol–water partition coefficient (Wildman–Crippen LogP) is 4.40. The Kier molecular flexibility index (Phi) is 18.1. The van der Waals surface area contributed by atoms with Crippen molar-refractivity contribution in [2.75, 3.05) is 52.4 Å². The molecule has 0 aliphatic rings. The van der Waals surface area contributed by atoms with Crippen molar-refractivity contribution in [1.29, 1.82) is 0 Å². The molecule has 0 bridgehead atoms.